The number of carbonyl (C=O) groups excluding carboxylic acids is 1. The van der Waals surface area contributed by atoms with Crippen molar-refractivity contribution in [2.45, 2.75) is 50.6 Å². The Hall–Kier alpha value is -3.53. The number of hydrogen-bond donors (Lipinski definition) is 0. The van der Waals surface area contributed by atoms with Gasteiger partial charge in [0, 0.05) is 12.0 Å². The van der Waals surface area contributed by atoms with Crippen LogP contribution in [0.3, 0.4) is 0 Å². The van der Waals surface area contributed by atoms with E-state index in [0.717, 1.165) is 37.0 Å². The standard InChI is InChI=1S/C31H31NO3/c1-20-16-21(14-15-30(20)34-2)22-17-23-8-7-9-24(18-22)32(23)31(33)35-19-29-27-12-5-3-10-25(27)26-11-4-6-13-28(26)29/h3-6,10-17,23-24,29H,7-9,18-19H2,1-2H3. The number of aryl methyl sites for hydroxylation is 1. The Labute approximate surface area is 207 Å². The second-order valence-corrected chi connectivity index (χ2v) is 9.94. The van der Waals surface area contributed by atoms with Crippen molar-refractivity contribution >= 4 is 11.7 Å². The topological polar surface area (TPSA) is 38.8 Å². The molecule has 2 aliphatic heterocycles. The van der Waals surface area contributed by atoms with Crippen LogP contribution in [0.2, 0.25) is 0 Å². The molecule has 1 amide bonds. The average Bonchev–Trinajstić information content (AvgIpc) is 3.20. The Balaban J connectivity index is 1.21. The third-order valence-electron chi connectivity index (χ3n) is 7.95. The maximum Gasteiger partial charge on any atom is 0.410 e. The third-order valence-corrected chi connectivity index (χ3v) is 7.95. The van der Waals surface area contributed by atoms with Crippen molar-refractivity contribution in [3.63, 3.8) is 0 Å². The fourth-order valence-electron chi connectivity index (χ4n) is 6.28. The quantitative estimate of drug-likeness (QED) is 0.418. The summed E-state index contributed by atoms with van der Waals surface area (Å²) in [6.07, 6.45) is 6.13. The summed E-state index contributed by atoms with van der Waals surface area (Å²) in [6, 6.07) is 23.6. The van der Waals surface area contributed by atoms with E-state index in [0.29, 0.717) is 6.61 Å². The molecule has 1 fully saturated rings. The molecule has 2 bridgehead atoms. The summed E-state index contributed by atoms with van der Waals surface area (Å²) in [5, 5.41) is 0. The molecule has 1 aliphatic carbocycles. The first-order chi connectivity index (χ1) is 17.1. The highest BCUT2D eigenvalue weighted by atomic mass is 16.6. The molecule has 0 aromatic heterocycles. The van der Waals surface area contributed by atoms with E-state index in [2.05, 4.69) is 73.7 Å². The molecule has 178 valence electrons. The number of methoxy groups -OCH3 is 1. The first-order valence-corrected chi connectivity index (χ1v) is 12.6. The van der Waals surface area contributed by atoms with Gasteiger partial charge in [0.2, 0.25) is 0 Å². The molecule has 3 aromatic carbocycles. The van der Waals surface area contributed by atoms with Crippen LogP contribution in [0.15, 0.2) is 72.8 Å². The number of nitrogens with zero attached hydrogens (tertiary/aromatic N) is 1. The Kier molecular flexibility index (Phi) is 5.60. The van der Waals surface area contributed by atoms with E-state index in [9.17, 15) is 4.79 Å². The molecule has 2 atom stereocenters. The number of carbonyl (C=O) groups is 1. The van der Waals surface area contributed by atoms with Crippen molar-refractivity contribution in [2.75, 3.05) is 13.7 Å². The molecule has 35 heavy (non-hydrogen) atoms. The van der Waals surface area contributed by atoms with Crippen molar-refractivity contribution in [3.05, 3.63) is 95.1 Å². The monoisotopic (exact) mass is 465 g/mol. The van der Waals surface area contributed by atoms with Gasteiger partial charge in [0.05, 0.1) is 13.2 Å². The molecular formula is C31H31NO3. The number of piperidine rings is 1. The third kappa shape index (κ3) is 3.81. The van der Waals surface area contributed by atoms with Crippen LogP contribution in [0.1, 0.15) is 53.9 Å². The number of fused-ring (bicyclic) bond motifs is 5. The Morgan fingerprint density at radius 1 is 0.971 bits per heavy atom. The number of rotatable bonds is 4. The minimum Gasteiger partial charge on any atom is -0.496 e. The lowest BCUT2D eigenvalue weighted by Gasteiger charge is -2.44. The summed E-state index contributed by atoms with van der Waals surface area (Å²) in [5.74, 6) is 0.995. The Morgan fingerprint density at radius 2 is 1.69 bits per heavy atom. The molecule has 3 aromatic rings. The van der Waals surface area contributed by atoms with Gasteiger partial charge in [0.1, 0.15) is 12.4 Å². The fraction of sp³-hybridized carbons (Fsp3) is 0.323. The van der Waals surface area contributed by atoms with Crippen molar-refractivity contribution in [3.8, 4) is 16.9 Å². The Morgan fingerprint density at radius 3 is 2.34 bits per heavy atom. The number of amides is 1. The zero-order valence-electron chi connectivity index (χ0n) is 20.4. The van der Waals surface area contributed by atoms with Crippen LogP contribution in [0.5, 0.6) is 5.75 Å². The van der Waals surface area contributed by atoms with E-state index >= 15 is 0 Å². The zero-order chi connectivity index (χ0) is 23.9. The van der Waals surface area contributed by atoms with Crippen LogP contribution < -0.4 is 4.74 Å². The molecule has 0 saturated carbocycles. The van der Waals surface area contributed by atoms with Gasteiger partial charge in [-0.25, -0.2) is 4.79 Å². The van der Waals surface area contributed by atoms with E-state index in [1.54, 1.807) is 7.11 Å². The van der Waals surface area contributed by atoms with E-state index < -0.39 is 0 Å². The predicted octanol–water partition coefficient (Wildman–Crippen LogP) is 6.96. The van der Waals surface area contributed by atoms with Gasteiger partial charge in [-0.2, -0.15) is 0 Å². The largest absolute Gasteiger partial charge is 0.496 e. The molecule has 4 heteroatoms. The lowest BCUT2D eigenvalue weighted by Crippen LogP contribution is -2.51. The molecule has 3 aliphatic rings. The molecule has 2 heterocycles. The molecule has 2 unspecified atom stereocenters. The van der Waals surface area contributed by atoms with E-state index in [1.165, 1.54) is 33.4 Å². The number of hydrogen-bond acceptors (Lipinski definition) is 3. The minimum absolute atomic E-state index is 0.0874. The first-order valence-electron chi connectivity index (χ1n) is 12.6. The summed E-state index contributed by atoms with van der Waals surface area (Å²) >= 11 is 0. The van der Waals surface area contributed by atoms with Crippen LogP contribution in [-0.2, 0) is 4.74 Å². The van der Waals surface area contributed by atoms with Crippen LogP contribution in [-0.4, -0.2) is 36.8 Å². The molecule has 0 spiro atoms. The average molecular weight is 466 g/mol. The van der Waals surface area contributed by atoms with Crippen LogP contribution in [0.4, 0.5) is 4.79 Å². The van der Waals surface area contributed by atoms with Gasteiger partial charge in [-0.05, 0) is 83.7 Å². The second-order valence-electron chi connectivity index (χ2n) is 9.94. The minimum atomic E-state index is -0.178. The van der Waals surface area contributed by atoms with Gasteiger partial charge in [-0.3, -0.25) is 4.90 Å². The smallest absolute Gasteiger partial charge is 0.410 e. The zero-order valence-corrected chi connectivity index (χ0v) is 20.4. The normalized spacial score (nSPS) is 20.6. The highest BCUT2D eigenvalue weighted by Gasteiger charge is 2.39. The van der Waals surface area contributed by atoms with Crippen LogP contribution >= 0.6 is 0 Å². The summed E-state index contributed by atoms with van der Waals surface area (Å²) in [5.41, 5.74) is 8.69. The summed E-state index contributed by atoms with van der Waals surface area (Å²) in [7, 11) is 1.71. The molecule has 4 nitrogen and oxygen atoms in total. The fourth-order valence-corrected chi connectivity index (χ4v) is 6.28. The Bertz CT molecular complexity index is 1260. The van der Waals surface area contributed by atoms with Crippen molar-refractivity contribution < 1.29 is 14.3 Å². The maximum absolute atomic E-state index is 13.4. The van der Waals surface area contributed by atoms with Gasteiger partial charge in [0.25, 0.3) is 0 Å². The number of benzene rings is 3. The lowest BCUT2D eigenvalue weighted by atomic mass is 9.83. The van der Waals surface area contributed by atoms with E-state index in [-0.39, 0.29) is 24.1 Å². The summed E-state index contributed by atoms with van der Waals surface area (Å²) in [6.45, 7) is 2.45. The van der Waals surface area contributed by atoms with Crippen molar-refractivity contribution in [1.82, 2.24) is 4.90 Å². The van der Waals surface area contributed by atoms with Crippen LogP contribution in [0, 0.1) is 6.92 Å². The molecule has 1 saturated heterocycles. The SMILES string of the molecule is COc1ccc(C2=CC3CCCC(C2)N3C(=O)OCC2c3ccccc3-c3ccccc32)cc1C. The first kappa shape index (κ1) is 22.0. The van der Waals surface area contributed by atoms with Gasteiger partial charge in [-0.1, -0.05) is 60.7 Å². The maximum atomic E-state index is 13.4. The van der Waals surface area contributed by atoms with Gasteiger partial charge in [-0.15, -0.1) is 0 Å². The van der Waals surface area contributed by atoms with Crippen molar-refractivity contribution in [2.24, 2.45) is 0 Å². The summed E-state index contributed by atoms with van der Waals surface area (Å²) in [4.78, 5) is 15.4. The molecule has 6 rings (SSSR count). The highest BCUT2D eigenvalue weighted by Crippen LogP contribution is 2.45. The molecule has 0 radical (unpaired) electrons. The van der Waals surface area contributed by atoms with Gasteiger partial charge >= 0.3 is 6.09 Å². The lowest BCUT2D eigenvalue weighted by molar-refractivity contribution is 0.0539. The molecular weight excluding hydrogens is 434 g/mol. The van der Waals surface area contributed by atoms with Gasteiger partial charge in [0.15, 0.2) is 0 Å². The van der Waals surface area contributed by atoms with E-state index in [4.69, 9.17) is 9.47 Å². The van der Waals surface area contributed by atoms with Gasteiger partial charge < -0.3 is 9.47 Å². The van der Waals surface area contributed by atoms with Crippen LogP contribution in [0.25, 0.3) is 16.7 Å². The summed E-state index contributed by atoms with van der Waals surface area (Å²) < 4.78 is 11.5. The van der Waals surface area contributed by atoms with Crippen molar-refractivity contribution in [1.29, 1.82) is 0 Å². The highest BCUT2D eigenvalue weighted by molar-refractivity contribution is 5.79. The van der Waals surface area contributed by atoms with E-state index in [1.807, 2.05) is 11.0 Å². The molecule has 0 N–H and O–H groups in total. The second kappa shape index (κ2) is 8.92. The number of ether oxygens (including phenoxy) is 2. The predicted molar refractivity (Wildman–Crippen MR) is 139 cm³/mol.